The van der Waals surface area contributed by atoms with E-state index < -0.39 is 11.3 Å². The van der Waals surface area contributed by atoms with Gasteiger partial charge in [0.05, 0.1) is 4.53 Å². The summed E-state index contributed by atoms with van der Waals surface area (Å²) in [6, 6.07) is 27.0. The van der Waals surface area contributed by atoms with Crippen LogP contribution >= 0.6 is 27.3 Å². The number of halogens is 1. The first-order valence-corrected chi connectivity index (χ1v) is 13.0. The second kappa shape index (κ2) is 8.18. The Morgan fingerprint density at radius 1 is 0.861 bits per heavy atom. The third-order valence-electron chi connectivity index (χ3n) is 6.96. The number of urea groups is 1. The third-order valence-corrected chi connectivity index (χ3v) is 8.66. The predicted molar refractivity (Wildman–Crippen MR) is 144 cm³/mol. The highest BCUT2D eigenvalue weighted by molar-refractivity contribution is 9.10. The first-order chi connectivity index (χ1) is 17.4. The van der Waals surface area contributed by atoms with E-state index in [1.165, 1.54) is 16.0 Å². The van der Waals surface area contributed by atoms with Crippen LogP contribution in [0.2, 0.25) is 0 Å². The van der Waals surface area contributed by atoms with Crippen LogP contribution < -0.4 is 20.3 Å². The van der Waals surface area contributed by atoms with E-state index in [0.717, 1.165) is 21.2 Å². The molecule has 0 bridgehead atoms. The van der Waals surface area contributed by atoms with Gasteiger partial charge >= 0.3 is 6.03 Å². The summed E-state index contributed by atoms with van der Waals surface area (Å²) in [5.41, 5.74) is 3.47. The van der Waals surface area contributed by atoms with Gasteiger partial charge in [0, 0.05) is 29.7 Å². The minimum absolute atomic E-state index is 0.206. The van der Waals surface area contributed by atoms with E-state index in [4.69, 9.17) is 4.99 Å². The zero-order valence-corrected chi connectivity index (χ0v) is 22.0. The van der Waals surface area contributed by atoms with Crippen molar-refractivity contribution in [1.29, 1.82) is 0 Å². The number of aromatic nitrogens is 1. The Hall–Kier alpha value is -3.69. The van der Waals surface area contributed by atoms with Gasteiger partial charge in [-0.15, -0.1) is 0 Å². The van der Waals surface area contributed by atoms with Gasteiger partial charge in [-0.25, -0.2) is 9.79 Å². The molecule has 1 fully saturated rings. The van der Waals surface area contributed by atoms with Gasteiger partial charge in [-0.3, -0.25) is 20.0 Å². The van der Waals surface area contributed by atoms with Crippen molar-refractivity contribution in [3.8, 4) is 0 Å². The van der Waals surface area contributed by atoms with Crippen molar-refractivity contribution in [2.45, 2.75) is 11.3 Å². The number of nitrogens with zero attached hydrogens (tertiary/aromatic N) is 4. The van der Waals surface area contributed by atoms with Gasteiger partial charge in [-0.1, -0.05) is 106 Å². The molecule has 1 N–H and O–H groups in total. The number of carbonyl (C=O) groups excluding carboxylic acids is 1. The van der Waals surface area contributed by atoms with Crippen LogP contribution in [0.25, 0.3) is 6.08 Å². The van der Waals surface area contributed by atoms with Crippen molar-refractivity contribution in [2.24, 2.45) is 4.99 Å². The molecule has 3 aromatic carbocycles. The number of carbonyl (C=O) groups is 1. The molecule has 0 spiro atoms. The van der Waals surface area contributed by atoms with E-state index >= 15 is 0 Å². The number of fused-ring (bicyclic) bond motifs is 2. The Bertz CT molecular complexity index is 1670. The predicted octanol–water partition coefficient (Wildman–Crippen LogP) is 3.38. The first-order valence-electron chi connectivity index (χ1n) is 11.4. The van der Waals surface area contributed by atoms with Crippen molar-refractivity contribution in [2.75, 3.05) is 19.5 Å². The fourth-order valence-corrected chi connectivity index (χ4v) is 6.61. The molecule has 4 aromatic rings. The fraction of sp³-hybridized carbons (Fsp3) is 0.148. The number of benzene rings is 3. The molecule has 0 aliphatic carbocycles. The van der Waals surface area contributed by atoms with E-state index in [1.807, 2.05) is 91.0 Å². The first kappa shape index (κ1) is 22.8. The van der Waals surface area contributed by atoms with Gasteiger partial charge in [0.2, 0.25) is 16.1 Å². The maximum absolute atomic E-state index is 13.7. The van der Waals surface area contributed by atoms with Crippen molar-refractivity contribution < 1.29 is 4.79 Å². The number of hydrogen-bond acceptors (Lipinski definition) is 5. The molecule has 0 saturated carbocycles. The maximum Gasteiger partial charge on any atom is 0.324 e. The highest BCUT2D eigenvalue weighted by atomic mass is 79.9. The number of amides is 2. The number of nitrogens with one attached hydrogen (secondary N) is 1. The Balaban J connectivity index is 1.72. The van der Waals surface area contributed by atoms with E-state index in [9.17, 15) is 9.59 Å². The molecule has 1 saturated heterocycles. The standard InChI is InChI=1S/C27H22BrN5O2S/c1-31-25(35)32(2)27(20-14-7-4-8-15-20)26(31,19-12-5-3-6-13-19)29-24-33(30-27)23(34)22(36-24)17-18-11-9-10-16-21(18)28/h3-17,30H,1-2H3/b22-17+/t26-,27+/m1/s1. The summed E-state index contributed by atoms with van der Waals surface area (Å²) in [4.78, 5) is 36.3. The lowest BCUT2D eigenvalue weighted by molar-refractivity contribution is 0.0648. The van der Waals surface area contributed by atoms with Gasteiger partial charge in [0.1, 0.15) is 0 Å². The average molecular weight is 560 g/mol. The van der Waals surface area contributed by atoms with Crippen molar-refractivity contribution in [3.63, 3.8) is 0 Å². The smallest absolute Gasteiger partial charge is 0.295 e. The van der Waals surface area contributed by atoms with Crippen LogP contribution in [0.5, 0.6) is 0 Å². The van der Waals surface area contributed by atoms with Crippen LogP contribution in [0, 0.1) is 0 Å². The van der Waals surface area contributed by atoms with E-state index in [-0.39, 0.29) is 11.6 Å². The van der Waals surface area contributed by atoms with Crippen LogP contribution in [-0.2, 0) is 11.3 Å². The van der Waals surface area contributed by atoms with Crippen molar-refractivity contribution >= 4 is 39.4 Å². The zero-order chi connectivity index (χ0) is 25.1. The summed E-state index contributed by atoms with van der Waals surface area (Å²) in [5, 5.41) is 0. The summed E-state index contributed by atoms with van der Waals surface area (Å²) >= 11 is 4.86. The summed E-state index contributed by atoms with van der Waals surface area (Å²) < 4.78 is 2.91. The van der Waals surface area contributed by atoms with Gasteiger partial charge < -0.3 is 0 Å². The molecule has 6 rings (SSSR count). The van der Waals surface area contributed by atoms with Gasteiger partial charge in [-0.2, -0.15) is 4.68 Å². The van der Waals surface area contributed by atoms with Crippen LogP contribution in [-0.4, -0.2) is 34.6 Å². The van der Waals surface area contributed by atoms with Crippen LogP contribution in [0.4, 0.5) is 4.79 Å². The highest BCUT2D eigenvalue weighted by Crippen LogP contribution is 2.53. The summed E-state index contributed by atoms with van der Waals surface area (Å²) in [6.07, 6.45) is 1.86. The van der Waals surface area contributed by atoms with E-state index in [1.54, 1.807) is 23.9 Å². The van der Waals surface area contributed by atoms with E-state index in [2.05, 4.69) is 21.4 Å². The molecule has 1 aromatic heterocycles. The van der Waals surface area contributed by atoms with Crippen LogP contribution in [0.15, 0.2) is 99.2 Å². The molecule has 2 atom stereocenters. The Morgan fingerprint density at radius 3 is 2.14 bits per heavy atom. The van der Waals surface area contributed by atoms with Crippen LogP contribution in [0.1, 0.15) is 16.7 Å². The third kappa shape index (κ3) is 2.93. The summed E-state index contributed by atoms with van der Waals surface area (Å²) in [7, 11) is 3.51. The second-order valence-corrected chi connectivity index (χ2v) is 10.7. The molecule has 2 amide bonds. The highest BCUT2D eigenvalue weighted by Gasteiger charge is 2.69. The Labute approximate surface area is 219 Å². The Kier molecular flexibility index (Phi) is 5.17. The van der Waals surface area contributed by atoms with Gasteiger partial charge in [-0.05, 0) is 17.7 Å². The molecule has 7 nitrogen and oxygen atoms in total. The van der Waals surface area contributed by atoms with Crippen LogP contribution in [0.3, 0.4) is 0 Å². The normalized spacial score (nSPS) is 23.2. The molecule has 2 aliphatic heterocycles. The zero-order valence-electron chi connectivity index (χ0n) is 19.6. The summed E-state index contributed by atoms with van der Waals surface area (Å²) in [6.45, 7) is 0. The summed E-state index contributed by atoms with van der Waals surface area (Å²) in [5.74, 6) is 0. The maximum atomic E-state index is 13.7. The minimum atomic E-state index is -1.18. The average Bonchev–Trinajstić information content (AvgIpc) is 3.30. The molecule has 9 heteroatoms. The molecular weight excluding hydrogens is 538 g/mol. The van der Waals surface area contributed by atoms with Gasteiger partial charge in [0.25, 0.3) is 5.56 Å². The van der Waals surface area contributed by atoms with Crippen molar-refractivity contribution in [3.05, 3.63) is 126 Å². The lowest BCUT2D eigenvalue weighted by atomic mass is 9.80. The monoisotopic (exact) mass is 559 g/mol. The lowest BCUT2D eigenvalue weighted by Gasteiger charge is -2.49. The molecule has 3 heterocycles. The van der Waals surface area contributed by atoms with Crippen molar-refractivity contribution in [1.82, 2.24) is 14.5 Å². The largest absolute Gasteiger partial charge is 0.324 e. The quantitative estimate of drug-likeness (QED) is 0.418. The molecular formula is C27H22BrN5O2S. The molecule has 180 valence electrons. The van der Waals surface area contributed by atoms with E-state index in [0.29, 0.717) is 9.33 Å². The Morgan fingerprint density at radius 2 is 1.47 bits per heavy atom. The molecule has 36 heavy (non-hydrogen) atoms. The number of rotatable bonds is 3. The molecule has 0 radical (unpaired) electrons. The topological polar surface area (TPSA) is 69.9 Å². The lowest BCUT2D eigenvalue weighted by Crippen LogP contribution is -2.67. The number of likely N-dealkylation sites (N-methyl/N-ethyl adjacent to an activating group) is 2. The minimum Gasteiger partial charge on any atom is -0.295 e. The number of thiazole rings is 1. The number of hydrogen-bond donors (Lipinski definition) is 1. The molecule has 2 aliphatic rings. The fourth-order valence-electron chi connectivity index (χ4n) is 5.25. The van der Waals surface area contributed by atoms with Gasteiger partial charge in [0.15, 0.2) is 0 Å². The second-order valence-electron chi connectivity index (χ2n) is 8.79. The SMILES string of the molecule is CN1C(=O)N(C)[C@]2(c3ccccc3)Nn3c(s/c(=C/c4ccccc4Br)c3=O)=N[C@]12c1ccccc1. The molecule has 0 unspecified atom stereocenters.